The van der Waals surface area contributed by atoms with Crippen LogP contribution in [0.3, 0.4) is 0 Å². The third kappa shape index (κ3) is 4.64. The summed E-state index contributed by atoms with van der Waals surface area (Å²) in [6.07, 6.45) is 3.91. The predicted molar refractivity (Wildman–Crippen MR) is 119 cm³/mol. The van der Waals surface area contributed by atoms with E-state index in [0.29, 0.717) is 25.0 Å². The zero-order valence-corrected chi connectivity index (χ0v) is 17.7. The van der Waals surface area contributed by atoms with Crippen LogP contribution < -0.4 is 4.74 Å². The van der Waals surface area contributed by atoms with Gasteiger partial charge in [0.1, 0.15) is 5.75 Å². The van der Waals surface area contributed by atoms with Gasteiger partial charge in [-0.25, -0.2) is 4.68 Å². The van der Waals surface area contributed by atoms with Gasteiger partial charge in [-0.1, -0.05) is 42.5 Å². The Morgan fingerprint density at radius 2 is 1.80 bits per heavy atom. The molecule has 0 radical (unpaired) electrons. The van der Waals surface area contributed by atoms with Gasteiger partial charge in [0.2, 0.25) is 5.88 Å². The van der Waals surface area contributed by atoms with E-state index in [1.165, 1.54) is 0 Å². The summed E-state index contributed by atoms with van der Waals surface area (Å²) in [6.45, 7) is 8.80. The van der Waals surface area contributed by atoms with E-state index >= 15 is 0 Å². The third-order valence-electron chi connectivity index (χ3n) is 5.48. The molecule has 1 aromatic heterocycles. The minimum Gasteiger partial charge on any atom is -0.439 e. The molecule has 5 nitrogen and oxygen atoms in total. The highest BCUT2D eigenvalue weighted by Gasteiger charge is 2.34. The molecule has 156 valence electrons. The van der Waals surface area contributed by atoms with Gasteiger partial charge >= 0.3 is 0 Å². The van der Waals surface area contributed by atoms with Crippen LogP contribution in [0.1, 0.15) is 31.0 Å². The van der Waals surface area contributed by atoms with Gasteiger partial charge in [-0.2, -0.15) is 5.10 Å². The fourth-order valence-corrected chi connectivity index (χ4v) is 3.60. The van der Waals surface area contributed by atoms with E-state index in [1.54, 1.807) is 13.0 Å². The number of aryl methyl sites for hydroxylation is 1. The number of benzene rings is 2. The van der Waals surface area contributed by atoms with Crippen LogP contribution in [0.5, 0.6) is 11.6 Å². The van der Waals surface area contributed by atoms with Crippen molar-refractivity contribution < 1.29 is 9.84 Å². The molecule has 3 aromatic rings. The second-order valence-corrected chi connectivity index (χ2v) is 8.23. The van der Waals surface area contributed by atoms with Crippen molar-refractivity contribution in [3.63, 3.8) is 0 Å². The Labute approximate surface area is 178 Å². The fraction of sp³-hybridized carbons (Fsp3) is 0.320. The van der Waals surface area contributed by atoms with E-state index in [0.717, 1.165) is 35.5 Å². The van der Waals surface area contributed by atoms with E-state index in [9.17, 15) is 5.11 Å². The van der Waals surface area contributed by atoms with Crippen LogP contribution in [0.15, 0.2) is 73.3 Å². The zero-order valence-electron chi connectivity index (χ0n) is 17.7. The molecular weight excluding hydrogens is 374 g/mol. The van der Waals surface area contributed by atoms with Crippen LogP contribution in [-0.2, 0) is 6.54 Å². The summed E-state index contributed by atoms with van der Waals surface area (Å²) in [5.74, 6) is 1.49. The molecule has 0 spiro atoms. The maximum absolute atomic E-state index is 10.6. The number of para-hydroxylation sites is 2. The Balaban J connectivity index is 1.72. The first kappa shape index (κ1) is 20.4. The highest BCUT2D eigenvalue weighted by molar-refractivity contribution is 5.43. The number of rotatable bonds is 9. The summed E-state index contributed by atoms with van der Waals surface area (Å²) < 4.78 is 8.23. The van der Waals surface area contributed by atoms with Gasteiger partial charge in [-0.15, -0.1) is 6.58 Å². The van der Waals surface area contributed by atoms with Gasteiger partial charge in [0.15, 0.2) is 0 Å². The minimum atomic E-state index is -0.938. The predicted octanol–water partition coefficient (Wildman–Crippen LogP) is 4.87. The maximum Gasteiger partial charge on any atom is 0.227 e. The van der Waals surface area contributed by atoms with Gasteiger partial charge in [-0.3, -0.25) is 4.90 Å². The van der Waals surface area contributed by atoms with Crippen molar-refractivity contribution in [1.82, 2.24) is 14.7 Å². The molecule has 0 aliphatic heterocycles. The standard InChI is InChI=1S/C25H29N3O2/c1-4-25(3,29)18-27(20-15-16-20)17-23-19(2)26-28(21-11-7-5-8-12-21)24(23)30-22-13-9-6-10-14-22/h4-14,20,29H,1,15-18H2,2-3H3. The molecule has 30 heavy (non-hydrogen) atoms. The van der Waals surface area contributed by atoms with Gasteiger partial charge in [0, 0.05) is 19.1 Å². The van der Waals surface area contributed by atoms with E-state index in [2.05, 4.69) is 11.5 Å². The average molecular weight is 404 g/mol. The summed E-state index contributed by atoms with van der Waals surface area (Å²) >= 11 is 0. The Morgan fingerprint density at radius 3 is 2.40 bits per heavy atom. The molecule has 1 fully saturated rings. The summed E-state index contributed by atoms with van der Waals surface area (Å²) in [6, 6.07) is 20.3. The van der Waals surface area contributed by atoms with Crippen LogP contribution in [0, 0.1) is 6.92 Å². The van der Waals surface area contributed by atoms with E-state index in [1.807, 2.05) is 72.3 Å². The first-order chi connectivity index (χ1) is 14.5. The average Bonchev–Trinajstić information content (AvgIpc) is 3.56. The van der Waals surface area contributed by atoms with Gasteiger partial charge in [0.25, 0.3) is 0 Å². The van der Waals surface area contributed by atoms with Crippen LogP contribution in [0.25, 0.3) is 5.69 Å². The zero-order chi connectivity index (χ0) is 21.1. The summed E-state index contributed by atoms with van der Waals surface area (Å²) in [4.78, 5) is 2.32. The number of aliphatic hydroxyl groups is 1. The lowest BCUT2D eigenvalue weighted by Crippen LogP contribution is -2.40. The van der Waals surface area contributed by atoms with Crippen molar-refractivity contribution in [2.24, 2.45) is 0 Å². The Hall–Kier alpha value is -2.89. The minimum absolute atomic E-state index is 0.473. The van der Waals surface area contributed by atoms with Crippen molar-refractivity contribution >= 4 is 0 Å². The maximum atomic E-state index is 10.6. The molecule has 1 aliphatic carbocycles. The summed E-state index contributed by atoms with van der Waals surface area (Å²) in [7, 11) is 0. The Morgan fingerprint density at radius 1 is 1.17 bits per heavy atom. The summed E-state index contributed by atoms with van der Waals surface area (Å²) in [5, 5.41) is 15.4. The van der Waals surface area contributed by atoms with Crippen molar-refractivity contribution in [2.45, 2.75) is 44.9 Å². The number of hydrogen-bond donors (Lipinski definition) is 1. The molecule has 1 heterocycles. The lowest BCUT2D eigenvalue weighted by atomic mass is 10.1. The van der Waals surface area contributed by atoms with Crippen LogP contribution in [0.4, 0.5) is 0 Å². The topological polar surface area (TPSA) is 50.5 Å². The molecule has 0 saturated heterocycles. The SMILES string of the molecule is C=CC(C)(O)CN(Cc1c(C)nn(-c2ccccc2)c1Oc1ccccc1)C1CC1. The summed E-state index contributed by atoms with van der Waals surface area (Å²) in [5.41, 5.74) is 1.98. The second-order valence-electron chi connectivity index (χ2n) is 8.23. The number of nitrogens with zero attached hydrogens (tertiary/aromatic N) is 3. The van der Waals surface area contributed by atoms with Crippen molar-refractivity contribution in [2.75, 3.05) is 6.54 Å². The molecule has 2 aromatic carbocycles. The van der Waals surface area contributed by atoms with Crippen LogP contribution in [0.2, 0.25) is 0 Å². The van der Waals surface area contributed by atoms with E-state index in [4.69, 9.17) is 9.84 Å². The number of aromatic nitrogens is 2. The number of hydrogen-bond acceptors (Lipinski definition) is 4. The highest BCUT2D eigenvalue weighted by atomic mass is 16.5. The molecule has 1 N–H and O–H groups in total. The smallest absolute Gasteiger partial charge is 0.227 e. The first-order valence-electron chi connectivity index (χ1n) is 10.4. The molecule has 1 atom stereocenters. The van der Waals surface area contributed by atoms with Crippen molar-refractivity contribution in [3.8, 4) is 17.3 Å². The van der Waals surface area contributed by atoms with Crippen molar-refractivity contribution in [3.05, 3.63) is 84.6 Å². The lowest BCUT2D eigenvalue weighted by Gasteiger charge is -2.29. The molecular formula is C25H29N3O2. The van der Waals surface area contributed by atoms with E-state index in [-0.39, 0.29) is 0 Å². The quantitative estimate of drug-likeness (QED) is 0.518. The molecule has 1 aliphatic rings. The molecule has 0 amide bonds. The largest absolute Gasteiger partial charge is 0.439 e. The van der Waals surface area contributed by atoms with Gasteiger partial charge < -0.3 is 9.84 Å². The molecule has 1 saturated carbocycles. The lowest BCUT2D eigenvalue weighted by molar-refractivity contribution is 0.0549. The number of ether oxygens (including phenoxy) is 1. The first-order valence-corrected chi connectivity index (χ1v) is 10.4. The molecule has 0 bridgehead atoms. The van der Waals surface area contributed by atoms with Crippen molar-refractivity contribution in [1.29, 1.82) is 0 Å². The van der Waals surface area contributed by atoms with Gasteiger partial charge in [-0.05, 0) is 51.0 Å². The Bertz CT molecular complexity index is 992. The highest BCUT2D eigenvalue weighted by Crippen LogP contribution is 2.35. The van der Waals surface area contributed by atoms with Gasteiger partial charge in [0.05, 0.1) is 22.5 Å². The normalized spacial score (nSPS) is 15.7. The van der Waals surface area contributed by atoms with Crippen LogP contribution in [-0.4, -0.2) is 38.0 Å². The second kappa shape index (κ2) is 8.46. The molecule has 1 unspecified atom stereocenters. The monoisotopic (exact) mass is 403 g/mol. The third-order valence-corrected chi connectivity index (χ3v) is 5.48. The fourth-order valence-electron chi connectivity index (χ4n) is 3.60. The molecule has 5 heteroatoms. The Kier molecular flexibility index (Phi) is 5.75. The van der Waals surface area contributed by atoms with Crippen LogP contribution >= 0.6 is 0 Å². The molecule has 4 rings (SSSR count). The van der Waals surface area contributed by atoms with E-state index < -0.39 is 5.60 Å².